The molecular weight excluding hydrogens is 387 g/mol. The van der Waals surface area contributed by atoms with Gasteiger partial charge in [-0.2, -0.15) is 10.1 Å². The molecule has 1 fully saturated rings. The Hall–Kier alpha value is -3.07. The quantitative estimate of drug-likeness (QED) is 0.654. The SMILES string of the molecule is COc1ccc(C[NH+]2CCN(C(=O)Cc3c(C)nc4ncnn4c3C)CC2)cc1F. The lowest BCUT2D eigenvalue weighted by Gasteiger charge is -2.32. The summed E-state index contributed by atoms with van der Waals surface area (Å²) < 4.78 is 20.6. The van der Waals surface area contributed by atoms with Crippen LogP contribution in [0.15, 0.2) is 24.5 Å². The zero-order chi connectivity index (χ0) is 21.3. The Bertz CT molecular complexity index is 1070. The molecule has 158 valence electrons. The molecular formula is C21H26FN6O2+. The molecule has 1 aliphatic heterocycles. The molecule has 0 radical (unpaired) electrons. The number of hydrogen-bond donors (Lipinski definition) is 1. The first-order chi connectivity index (χ1) is 14.5. The van der Waals surface area contributed by atoms with Crippen molar-refractivity contribution in [1.29, 1.82) is 0 Å². The summed E-state index contributed by atoms with van der Waals surface area (Å²) in [5.74, 6) is 0.561. The van der Waals surface area contributed by atoms with Gasteiger partial charge in [-0.3, -0.25) is 4.79 Å². The minimum Gasteiger partial charge on any atom is -0.494 e. The number of aryl methyl sites for hydroxylation is 2. The maximum absolute atomic E-state index is 13.9. The van der Waals surface area contributed by atoms with Gasteiger partial charge in [0.2, 0.25) is 5.91 Å². The van der Waals surface area contributed by atoms with Crippen LogP contribution in [0.4, 0.5) is 4.39 Å². The molecule has 9 heteroatoms. The summed E-state index contributed by atoms with van der Waals surface area (Å²) in [5.41, 5.74) is 3.55. The molecule has 3 heterocycles. The van der Waals surface area contributed by atoms with Crippen LogP contribution in [-0.2, 0) is 17.8 Å². The molecule has 4 rings (SSSR count). The first-order valence-electron chi connectivity index (χ1n) is 10.1. The van der Waals surface area contributed by atoms with Crippen LogP contribution < -0.4 is 9.64 Å². The minimum atomic E-state index is -0.341. The van der Waals surface area contributed by atoms with E-state index >= 15 is 0 Å². The Morgan fingerprint density at radius 1 is 1.27 bits per heavy atom. The van der Waals surface area contributed by atoms with Gasteiger partial charge in [0.05, 0.1) is 39.7 Å². The number of carbonyl (C=O) groups is 1. The van der Waals surface area contributed by atoms with E-state index in [1.54, 1.807) is 10.6 Å². The number of halogens is 1. The minimum absolute atomic E-state index is 0.0945. The Morgan fingerprint density at radius 2 is 2.03 bits per heavy atom. The van der Waals surface area contributed by atoms with Gasteiger partial charge < -0.3 is 14.5 Å². The number of piperazine rings is 1. The highest BCUT2D eigenvalue weighted by Gasteiger charge is 2.25. The topological polar surface area (TPSA) is 77.1 Å². The smallest absolute Gasteiger partial charge is 0.252 e. The number of aromatic nitrogens is 4. The zero-order valence-corrected chi connectivity index (χ0v) is 17.5. The molecule has 1 aliphatic rings. The normalized spacial score (nSPS) is 15.0. The lowest BCUT2D eigenvalue weighted by molar-refractivity contribution is -0.917. The number of nitrogens with zero attached hydrogens (tertiary/aromatic N) is 5. The standard InChI is InChI=1S/C21H25FN6O2/c1-14-17(15(2)28-21(25-14)23-13-24-28)11-20(29)27-8-6-26(7-9-27)12-16-4-5-19(30-3)18(22)10-16/h4-5,10,13H,6-9,11-12H2,1-3H3/p+1. The first kappa shape index (κ1) is 20.2. The number of hydrogen-bond acceptors (Lipinski definition) is 5. The third-order valence-electron chi connectivity index (χ3n) is 5.81. The third kappa shape index (κ3) is 3.97. The summed E-state index contributed by atoms with van der Waals surface area (Å²) in [4.78, 5) is 24.7. The van der Waals surface area contributed by atoms with Crippen molar-refractivity contribution in [2.24, 2.45) is 0 Å². The van der Waals surface area contributed by atoms with Gasteiger partial charge in [-0.1, -0.05) is 0 Å². The predicted octanol–water partition coefficient (Wildman–Crippen LogP) is 0.359. The van der Waals surface area contributed by atoms with Crippen molar-refractivity contribution in [1.82, 2.24) is 24.5 Å². The molecule has 1 N–H and O–H groups in total. The van der Waals surface area contributed by atoms with Crippen molar-refractivity contribution in [3.8, 4) is 5.75 Å². The largest absolute Gasteiger partial charge is 0.494 e. The lowest BCUT2D eigenvalue weighted by atomic mass is 10.1. The Kier molecular flexibility index (Phi) is 5.63. The highest BCUT2D eigenvalue weighted by atomic mass is 19.1. The number of nitrogens with one attached hydrogen (secondary N) is 1. The van der Waals surface area contributed by atoms with Crippen molar-refractivity contribution >= 4 is 11.7 Å². The van der Waals surface area contributed by atoms with E-state index in [1.165, 1.54) is 24.4 Å². The van der Waals surface area contributed by atoms with E-state index in [0.29, 0.717) is 25.3 Å². The van der Waals surface area contributed by atoms with E-state index in [1.807, 2.05) is 24.8 Å². The molecule has 30 heavy (non-hydrogen) atoms. The molecule has 2 aromatic heterocycles. The van der Waals surface area contributed by atoms with Gasteiger partial charge in [-0.05, 0) is 32.0 Å². The van der Waals surface area contributed by atoms with E-state index in [4.69, 9.17) is 4.74 Å². The lowest BCUT2D eigenvalue weighted by Crippen LogP contribution is -3.13. The molecule has 0 unspecified atom stereocenters. The summed E-state index contributed by atoms with van der Waals surface area (Å²) in [6.45, 7) is 7.60. The number of amides is 1. The van der Waals surface area contributed by atoms with Crippen LogP contribution >= 0.6 is 0 Å². The first-order valence-corrected chi connectivity index (χ1v) is 10.1. The third-order valence-corrected chi connectivity index (χ3v) is 5.81. The average Bonchev–Trinajstić information content (AvgIpc) is 3.20. The Balaban J connectivity index is 1.36. The maximum atomic E-state index is 13.9. The molecule has 0 atom stereocenters. The van der Waals surface area contributed by atoms with E-state index in [-0.39, 0.29) is 17.5 Å². The second-order valence-electron chi connectivity index (χ2n) is 7.69. The molecule has 0 aliphatic carbocycles. The van der Waals surface area contributed by atoms with Crippen molar-refractivity contribution in [3.63, 3.8) is 0 Å². The number of methoxy groups -OCH3 is 1. The van der Waals surface area contributed by atoms with Crippen LogP contribution in [0, 0.1) is 19.7 Å². The predicted molar refractivity (Wildman–Crippen MR) is 108 cm³/mol. The molecule has 0 spiro atoms. The molecule has 1 amide bonds. The fourth-order valence-electron chi connectivity index (χ4n) is 4.03. The highest BCUT2D eigenvalue weighted by molar-refractivity contribution is 5.79. The monoisotopic (exact) mass is 413 g/mol. The van der Waals surface area contributed by atoms with Gasteiger partial charge >= 0.3 is 0 Å². The zero-order valence-electron chi connectivity index (χ0n) is 17.5. The second-order valence-corrected chi connectivity index (χ2v) is 7.69. The van der Waals surface area contributed by atoms with E-state index in [9.17, 15) is 9.18 Å². The van der Waals surface area contributed by atoms with E-state index < -0.39 is 0 Å². The summed E-state index contributed by atoms with van der Waals surface area (Å²) >= 11 is 0. The van der Waals surface area contributed by atoms with Crippen molar-refractivity contribution in [3.05, 3.63) is 52.9 Å². The summed E-state index contributed by atoms with van der Waals surface area (Å²) in [7, 11) is 1.46. The average molecular weight is 413 g/mol. The second kappa shape index (κ2) is 8.35. The number of benzene rings is 1. The molecule has 3 aromatic rings. The fourth-order valence-corrected chi connectivity index (χ4v) is 4.03. The number of ether oxygens (including phenoxy) is 1. The van der Waals surface area contributed by atoms with Gasteiger partial charge in [0.25, 0.3) is 5.78 Å². The molecule has 1 saturated heterocycles. The number of quaternary nitrogens is 1. The summed E-state index contributed by atoms with van der Waals surface area (Å²) in [6.07, 6.45) is 1.77. The Labute approximate surface area is 174 Å². The van der Waals surface area contributed by atoms with Gasteiger partial charge in [-0.25, -0.2) is 13.9 Å². The van der Waals surface area contributed by atoms with E-state index in [0.717, 1.165) is 42.1 Å². The van der Waals surface area contributed by atoms with Gasteiger partial charge in [-0.15, -0.1) is 0 Å². The van der Waals surface area contributed by atoms with Gasteiger partial charge in [0, 0.05) is 22.5 Å². The van der Waals surface area contributed by atoms with Crippen molar-refractivity contribution < 1.29 is 18.8 Å². The molecule has 0 saturated carbocycles. The van der Waals surface area contributed by atoms with Crippen LogP contribution in [0.1, 0.15) is 22.5 Å². The summed E-state index contributed by atoms with van der Waals surface area (Å²) in [5, 5.41) is 4.19. The van der Waals surface area contributed by atoms with E-state index in [2.05, 4.69) is 15.1 Å². The van der Waals surface area contributed by atoms with Crippen LogP contribution in [0.5, 0.6) is 5.75 Å². The van der Waals surface area contributed by atoms with Gasteiger partial charge in [0.15, 0.2) is 11.6 Å². The van der Waals surface area contributed by atoms with Crippen LogP contribution in [-0.4, -0.2) is 63.7 Å². The molecule has 8 nitrogen and oxygen atoms in total. The van der Waals surface area contributed by atoms with Crippen LogP contribution in [0.25, 0.3) is 5.78 Å². The summed E-state index contributed by atoms with van der Waals surface area (Å²) in [6, 6.07) is 5.09. The van der Waals surface area contributed by atoms with Crippen LogP contribution in [0.3, 0.4) is 0 Å². The molecule has 0 bridgehead atoms. The molecule has 1 aromatic carbocycles. The highest BCUT2D eigenvalue weighted by Crippen LogP contribution is 2.17. The fraction of sp³-hybridized carbons (Fsp3) is 0.429. The van der Waals surface area contributed by atoms with Crippen molar-refractivity contribution in [2.45, 2.75) is 26.8 Å². The van der Waals surface area contributed by atoms with Crippen molar-refractivity contribution in [2.75, 3.05) is 33.3 Å². The number of carbonyl (C=O) groups excluding carboxylic acids is 1. The number of rotatable bonds is 5. The Morgan fingerprint density at radius 3 is 2.73 bits per heavy atom. The number of fused-ring (bicyclic) bond motifs is 1. The van der Waals surface area contributed by atoms with Gasteiger partial charge in [0.1, 0.15) is 12.9 Å². The maximum Gasteiger partial charge on any atom is 0.252 e. The van der Waals surface area contributed by atoms with Crippen LogP contribution in [0.2, 0.25) is 0 Å².